The number of rotatable bonds is 5. The Bertz CT molecular complexity index is 440. The van der Waals surface area contributed by atoms with Gasteiger partial charge in [0, 0.05) is 18.9 Å². The van der Waals surface area contributed by atoms with Gasteiger partial charge in [0.1, 0.15) is 5.75 Å². The molecule has 0 saturated heterocycles. The van der Waals surface area contributed by atoms with Crippen molar-refractivity contribution in [2.75, 3.05) is 6.61 Å². The van der Waals surface area contributed by atoms with Crippen LogP contribution in [-0.4, -0.2) is 17.5 Å². The van der Waals surface area contributed by atoms with E-state index in [1.807, 2.05) is 42.5 Å². The number of hydrogen-bond acceptors (Lipinski definition) is 3. The van der Waals surface area contributed by atoms with Crippen LogP contribution in [0.25, 0.3) is 0 Å². The number of carbonyl (C=O) groups excluding carboxylic acids is 1. The molecule has 1 aromatic carbocycles. The van der Waals surface area contributed by atoms with Crippen LogP contribution in [0.15, 0.2) is 54.9 Å². The highest BCUT2D eigenvalue weighted by Crippen LogP contribution is 2.07. The van der Waals surface area contributed by atoms with Gasteiger partial charge in [-0.15, -0.1) is 0 Å². The molecule has 1 aromatic heterocycles. The molecule has 0 spiro atoms. The van der Waals surface area contributed by atoms with Gasteiger partial charge in [-0.05, 0) is 29.8 Å². The zero-order chi connectivity index (χ0) is 12.6. The number of carbonyl (C=O) groups is 1. The van der Waals surface area contributed by atoms with E-state index in [4.69, 9.17) is 4.74 Å². The van der Waals surface area contributed by atoms with Gasteiger partial charge < -0.3 is 10.1 Å². The Balaban J connectivity index is 1.73. The molecule has 18 heavy (non-hydrogen) atoms. The maximum atomic E-state index is 11.5. The summed E-state index contributed by atoms with van der Waals surface area (Å²) in [6.07, 6.45) is 3.39. The summed E-state index contributed by atoms with van der Waals surface area (Å²) in [5.41, 5.74) is 1.01. The number of pyridine rings is 1. The monoisotopic (exact) mass is 242 g/mol. The second kappa shape index (κ2) is 6.39. The van der Waals surface area contributed by atoms with Crippen LogP contribution in [0.4, 0.5) is 0 Å². The molecular formula is C14H14N2O2. The molecule has 92 valence electrons. The number of aromatic nitrogens is 1. The lowest BCUT2D eigenvalue weighted by molar-refractivity contribution is -0.123. The Morgan fingerprint density at radius 2 is 1.83 bits per heavy atom. The standard InChI is InChI=1S/C14H14N2O2/c17-14(11-18-13-4-2-1-3-5-13)16-10-12-6-8-15-9-7-12/h1-9H,10-11H2,(H,16,17). The third-order valence-electron chi connectivity index (χ3n) is 2.35. The number of ether oxygens (including phenoxy) is 1. The van der Waals surface area contributed by atoms with Gasteiger partial charge in [0.2, 0.25) is 0 Å². The van der Waals surface area contributed by atoms with Crippen LogP contribution in [0.5, 0.6) is 5.75 Å². The van der Waals surface area contributed by atoms with Gasteiger partial charge in [-0.3, -0.25) is 9.78 Å². The van der Waals surface area contributed by atoms with Gasteiger partial charge in [0.25, 0.3) is 5.91 Å². The van der Waals surface area contributed by atoms with Crippen LogP contribution in [0.1, 0.15) is 5.56 Å². The Morgan fingerprint density at radius 3 is 2.56 bits per heavy atom. The predicted molar refractivity (Wildman–Crippen MR) is 68.0 cm³/mol. The third-order valence-corrected chi connectivity index (χ3v) is 2.35. The molecule has 2 rings (SSSR count). The number of para-hydroxylation sites is 1. The van der Waals surface area contributed by atoms with E-state index in [0.29, 0.717) is 12.3 Å². The molecule has 0 bridgehead atoms. The van der Waals surface area contributed by atoms with Gasteiger partial charge in [0.15, 0.2) is 6.61 Å². The van der Waals surface area contributed by atoms with E-state index >= 15 is 0 Å². The SMILES string of the molecule is O=C(COc1ccccc1)NCc1ccncc1. The van der Waals surface area contributed by atoms with Crippen molar-refractivity contribution in [2.45, 2.75) is 6.54 Å². The first-order valence-electron chi connectivity index (χ1n) is 5.68. The summed E-state index contributed by atoms with van der Waals surface area (Å²) in [5, 5.41) is 2.78. The van der Waals surface area contributed by atoms with Crippen LogP contribution in [0.3, 0.4) is 0 Å². The Labute approximate surface area is 106 Å². The molecule has 0 atom stereocenters. The van der Waals surface area contributed by atoms with Gasteiger partial charge in [-0.1, -0.05) is 18.2 Å². The Kier molecular flexibility index (Phi) is 4.30. The Morgan fingerprint density at radius 1 is 1.11 bits per heavy atom. The number of nitrogens with one attached hydrogen (secondary N) is 1. The molecule has 0 aliphatic heterocycles. The molecule has 4 nitrogen and oxygen atoms in total. The number of amides is 1. The van der Waals surface area contributed by atoms with Crippen LogP contribution >= 0.6 is 0 Å². The van der Waals surface area contributed by atoms with Crippen molar-refractivity contribution < 1.29 is 9.53 Å². The quantitative estimate of drug-likeness (QED) is 0.869. The number of benzene rings is 1. The maximum Gasteiger partial charge on any atom is 0.258 e. The van der Waals surface area contributed by atoms with Gasteiger partial charge in [0.05, 0.1) is 0 Å². The molecule has 0 fully saturated rings. The lowest BCUT2D eigenvalue weighted by atomic mass is 10.3. The highest BCUT2D eigenvalue weighted by atomic mass is 16.5. The highest BCUT2D eigenvalue weighted by Gasteiger charge is 2.02. The zero-order valence-corrected chi connectivity index (χ0v) is 9.87. The molecule has 1 heterocycles. The van der Waals surface area contributed by atoms with E-state index in [2.05, 4.69) is 10.3 Å². The van der Waals surface area contributed by atoms with E-state index in [1.165, 1.54) is 0 Å². The largest absolute Gasteiger partial charge is 0.484 e. The molecule has 4 heteroatoms. The fourth-order valence-corrected chi connectivity index (χ4v) is 1.42. The lowest BCUT2D eigenvalue weighted by Crippen LogP contribution is -2.28. The van der Waals surface area contributed by atoms with Crippen LogP contribution in [0, 0.1) is 0 Å². The molecule has 2 aromatic rings. The van der Waals surface area contributed by atoms with E-state index < -0.39 is 0 Å². The number of hydrogen-bond donors (Lipinski definition) is 1. The first-order valence-corrected chi connectivity index (χ1v) is 5.68. The summed E-state index contributed by atoms with van der Waals surface area (Å²) in [6, 6.07) is 13.0. The van der Waals surface area contributed by atoms with E-state index in [0.717, 1.165) is 5.56 Å². The van der Waals surface area contributed by atoms with Crippen molar-refractivity contribution in [3.63, 3.8) is 0 Å². The third kappa shape index (κ3) is 3.90. The molecule has 0 saturated carbocycles. The minimum Gasteiger partial charge on any atom is -0.484 e. The Hall–Kier alpha value is -2.36. The van der Waals surface area contributed by atoms with Crippen molar-refractivity contribution >= 4 is 5.91 Å². The summed E-state index contributed by atoms with van der Waals surface area (Å²) in [4.78, 5) is 15.4. The summed E-state index contributed by atoms with van der Waals surface area (Å²) in [6.45, 7) is 0.509. The second-order valence-electron chi connectivity index (χ2n) is 3.73. The van der Waals surface area contributed by atoms with Crippen molar-refractivity contribution in [1.29, 1.82) is 0 Å². The minimum absolute atomic E-state index is 0.0229. The highest BCUT2D eigenvalue weighted by molar-refractivity contribution is 5.77. The van der Waals surface area contributed by atoms with Gasteiger partial charge >= 0.3 is 0 Å². The summed E-state index contributed by atoms with van der Waals surface area (Å²) >= 11 is 0. The van der Waals surface area contributed by atoms with Gasteiger partial charge in [-0.2, -0.15) is 0 Å². The summed E-state index contributed by atoms with van der Waals surface area (Å²) < 4.78 is 5.33. The molecule has 0 radical (unpaired) electrons. The van der Waals surface area contributed by atoms with Crippen molar-refractivity contribution in [1.82, 2.24) is 10.3 Å². The molecule has 0 unspecified atom stereocenters. The summed E-state index contributed by atoms with van der Waals surface area (Å²) in [7, 11) is 0. The van der Waals surface area contributed by atoms with Crippen molar-refractivity contribution in [3.8, 4) is 5.75 Å². The fourth-order valence-electron chi connectivity index (χ4n) is 1.42. The van der Waals surface area contributed by atoms with Crippen LogP contribution < -0.4 is 10.1 Å². The smallest absolute Gasteiger partial charge is 0.258 e. The molecule has 1 amide bonds. The second-order valence-corrected chi connectivity index (χ2v) is 3.73. The van der Waals surface area contributed by atoms with Crippen molar-refractivity contribution in [2.24, 2.45) is 0 Å². The topological polar surface area (TPSA) is 51.2 Å². The number of nitrogens with zero attached hydrogens (tertiary/aromatic N) is 1. The normalized spacial score (nSPS) is 9.78. The fraction of sp³-hybridized carbons (Fsp3) is 0.143. The average molecular weight is 242 g/mol. The molecule has 0 aliphatic rings. The van der Waals surface area contributed by atoms with Gasteiger partial charge in [-0.25, -0.2) is 0 Å². The molecule has 0 aliphatic carbocycles. The zero-order valence-electron chi connectivity index (χ0n) is 9.87. The van der Waals surface area contributed by atoms with E-state index in [1.54, 1.807) is 12.4 Å². The molecule has 1 N–H and O–H groups in total. The van der Waals surface area contributed by atoms with E-state index in [9.17, 15) is 4.79 Å². The minimum atomic E-state index is -0.143. The maximum absolute atomic E-state index is 11.5. The first kappa shape index (κ1) is 12.1. The average Bonchev–Trinajstić information content (AvgIpc) is 2.45. The van der Waals surface area contributed by atoms with Crippen LogP contribution in [-0.2, 0) is 11.3 Å². The molecular weight excluding hydrogens is 228 g/mol. The van der Waals surface area contributed by atoms with Crippen molar-refractivity contribution in [3.05, 3.63) is 60.4 Å². The lowest BCUT2D eigenvalue weighted by Gasteiger charge is -2.07. The first-order chi connectivity index (χ1) is 8.84. The van der Waals surface area contributed by atoms with E-state index in [-0.39, 0.29) is 12.5 Å². The van der Waals surface area contributed by atoms with Crippen LogP contribution in [0.2, 0.25) is 0 Å². The summed E-state index contributed by atoms with van der Waals surface area (Å²) in [5.74, 6) is 0.548. The predicted octanol–water partition coefficient (Wildman–Crippen LogP) is 1.78.